The van der Waals surface area contributed by atoms with Gasteiger partial charge in [0.25, 0.3) is 0 Å². The van der Waals surface area contributed by atoms with Crippen LogP contribution in [0.2, 0.25) is 0 Å². The second-order valence-corrected chi connectivity index (χ2v) is 5.38. The molecule has 0 unspecified atom stereocenters. The average Bonchev–Trinajstić information content (AvgIpc) is 2.80. The highest BCUT2D eigenvalue weighted by molar-refractivity contribution is 5.64. The van der Waals surface area contributed by atoms with Crippen LogP contribution >= 0.6 is 0 Å². The van der Waals surface area contributed by atoms with Gasteiger partial charge < -0.3 is 4.42 Å². The van der Waals surface area contributed by atoms with Crippen molar-refractivity contribution in [3.05, 3.63) is 47.7 Å². The van der Waals surface area contributed by atoms with Crippen molar-refractivity contribution in [2.45, 2.75) is 39.5 Å². The predicted octanol–water partition coefficient (Wildman–Crippen LogP) is 4.61. The summed E-state index contributed by atoms with van der Waals surface area (Å²) >= 11 is 0. The minimum Gasteiger partial charge on any atom is -0.464 e. The standard InChI is InChI=1S/C16H19O/c1-5-12-8-9-14(16(2,3)4)13(11-12)15-7-6-10-17-15/h6-8,10-11H,5H2,1-4H3. The van der Waals surface area contributed by atoms with Crippen molar-refractivity contribution in [2.24, 2.45) is 0 Å². The summed E-state index contributed by atoms with van der Waals surface area (Å²) in [4.78, 5) is 0. The van der Waals surface area contributed by atoms with Crippen molar-refractivity contribution in [3.63, 3.8) is 0 Å². The first-order valence-corrected chi connectivity index (χ1v) is 6.11. The van der Waals surface area contributed by atoms with Gasteiger partial charge in [-0.05, 0) is 47.2 Å². The molecule has 0 aliphatic rings. The molecule has 0 fully saturated rings. The van der Waals surface area contributed by atoms with Crippen molar-refractivity contribution < 1.29 is 4.42 Å². The van der Waals surface area contributed by atoms with E-state index in [2.05, 4.69) is 45.9 Å². The van der Waals surface area contributed by atoms with E-state index in [-0.39, 0.29) is 5.41 Å². The van der Waals surface area contributed by atoms with Crippen LogP contribution in [0, 0.1) is 6.07 Å². The van der Waals surface area contributed by atoms with Crippen molar-refractivity contribution in [1.82, 2.24) is 0 Å². The SMILES string of the molecule is CCc1c[c]c(C(C)(C)C)c(-c2ccco2)c1. The van der Waals surface area contributed by atoms with E-state index >= 15 is 0 Å². The van der Waals surface area contributed by atoms with Gasteiger partial charge >= 0.3 is 0 Å². The molecule has 0 aliphatic carbocycles. The normalized spacial score (nSPS) is 11.8. The van der Waals surface area contributed by atoms with E-state index in [1.54, 1.807) is 6.26 Å². The molecule has 2 aromatic rings. The third-order valence-electron chi connectivity index (χ3n) is 2.95. The van der Waals surface area contributed by atoms with Gasteiger partial charge in [0.1, 0.15) is 5.76 Å². The number of furan rings is 1. The van der Waals surface area contributed by atoms with Crippen LogP contribution in [0.1, 0.15) is 38.8 Å². The third-order valence-corrected chi connectivity index (χ3v) is 2.95. The van der Waals surface area contributed by atoms with Gasteiger partial charge in [-0.1, -0.05) is 33.8 Å². The van der Waals surface area contributed by atoms with E-state index in [9.17, 15) is 0 Å². The zero-order valence-corrected chi connectivity index (χ0v) is 11.0. The molecular weight excluding hydrogens is 208 g/mol. The molecule has 0 saturated carbocycles. The molecule has 0 saturated heterocycles. The molecule has 89 valence electrons. The smallest absolute Gasteiger partial charge is 0.134 e. The second-order valence-electron chi connectivity index (χ2n) is 5.38. The van der Waals surface area contributed by atoms with E-state index in [1.807, 2.05) is 12.1 Å². The average molecular weight is 227 g/mol. The fourth-order valence-corrected chi connectivity index (χ4v) is 1.99. The monoisotopic (exact) mass is 227 g/mol. The van der Waals surface area contributed by atoms with Gasteiger partial charge in [-0.3, -0.25) is 0 Å². The van der Waals surface area contributed by atoms with Gasteiger partial charge in [0.05, 0.1) is 6.26 Å². The maximum atomic E-state index is 5.53. The fraction of sp³-hybridized carbons (Fsp3) is 0.375. The lowest BCUT2D eigenvalue weighted by Crippen LogP contribution is -2.13. The maximum absolute atomic E-state index is 5.53. The zero-order valence-electron chi connectivity index (χ0n) is 11.0. The highest BCUT2D eigenvalue weighted by Crippen LogP contribution is 2.33. The molecule has 1 aromatic heterocycles. The molecule has 0 atom stereocenters. The van der Waals surface area contributed by atoms with Crippen LogP contribution in [0.15, 0.2) is 34.9 Å². The van der Waals surface area contributed by atoms with Gasteiger partial charge in [-0.15, -0.1) is 0 Å². The van der Waals surface area contributed by atoms with Gasteiger partial charge in [-0.25, -0.2) is 0 Å². The van der Waals surface area contributed by atoms with Crippen LogP contribution in [0.4, 0.5) is 0 Å². The predicted molar refractivity (Wildman–Crippen MR) is 71.1 cm³/mol. The summed E-state index contributed by atoms with van der Waals surface area (Å²) in [5, 5.41) is 0. The Morgan fingerprint density at radius 3 is 2.59 bits per heavy atom. The largest absolute Gasteiger partial charge is 0.464 e. The lowest BCUT2D eigenvalue weighted by molar-refractivity contribution is 0.565. The summed E-state index contributed by atoms with van der Waals surface area (Å²) in [5.41, 5.74) is 3.75. The Bertz CT molecular complexity index is 487. The summed E-state index contributed by atoms with van der Waals surface area (Å²) in [6, 6.07) is 11.7. The summed E-state index contributed by atoms with van der Waals surface area (Å²) in [6.07, 6.45) is 2.75. The maximum Gasteiger partial charge on any atom is 0.134 e. The molecule has 17 heavy (non-hydrogen) atoms. The lowest BCUT2D eigenvalue weighted by atomic mass is 9.82. The van der Waals surface area contributed by atoms with Crippen LogP contribution in [0.25, 0.3) is 11.3 Å². The summed E-state index contributed by atoms with van der Waals surface area (Å²) in [5.74, 6) is 0.932. The van der Waals surface area contributed by atoms with Crippen molar-refractivity contribution in [3.8, 4) is 11.3 Å². The molecule has 0 bridgehead atoms. The first-order valence-electron chi connectivity index (χ1n) is 6.11. The van der Waals surface area contributed by atoms with Crippen molar-refractivity contribution in [1.29, 1.82) is 0 Å². The number of hydrogen-bond donors (Lipinski definition) is 0. The Morgan fingerprint density at radius 2 is 2.06 bits per heavy atom. The number of rotatable bonds is 2. The molecule has 2 rings (SSSR count). The molecule has 1 radical (unpaired) electrons. The Hall–Kier alpha value is -1.50. The molecular formula is C16H19O. The summed E-state index contributed by atoms with van der Waals surface area (Å²) in [6.45, 7) is 8.77. The highest BCUT2D eigenvalue weighted by atomic mass is 16.3. The lowest BCUT2D eigenvalue weighted by Gasteiger charge is -2.22. The summed E-state index contributed by atoms with van der Waals surface area (Å²) < 4.78 is 5.53. The Balaban J connectivity index is 2.61. The van der Waals surface area contributed by atoms with E-state index in [1.165, 1.54) is 16.7 Å². The first kappa shape index (κ1) is 12.0. The Kier molecular flexibility index (Phi) is 3.10. The van der Waals surface area contributed by atoms with Crippen molar-refractivity contribution >= 4 is 0 Å². The molecule has 0 spiro atoms. The second kappa shape index (κ2) is 4.40. The molecule has 0 amide bonds. The van der Waals surface area contributed by atoms with Crippen LogP contribution in [0.3, 0.4) is 0 Å². The van der Waals surface area contributed by atoms with Crippen LogP contribution in [0.5, 0.6) is 0 Å². The van der Waals surface area contributed by atoms with E-state index in [0.717, 1.165) is 12.2 Å². The third kappa shape index (κ3) is 2.44. The molecule has 1 aromatic carbocycles. The quantitative estimate of drug-likeness (QED) is 0.730. The Morgan fingerprint density at radius 1 is 1.29 bits per heavy atom. The minimum atomic E-state index is 0.0778. The van der Waals surface area contributed by atoms with E-state index in [4.69, 9.17) is 4.42 Å². The minimum absolute atomic E-state index is 0.0778. The van der Waals surface area contributed by atoms with E-state index < -0.39 is 0 Å². The molecule has 1 nitrogen and oxygen atoms in total. The molecule has 0 N–H and O–H groups in total. The van der Waals surface area contributed by atoms with Crippen molar-refractivity contribution in [2.75, 3.05) is 0 Å². The van der Waals surface area contributed by atoms with E-state index in [0.29, 0.717) is 0 Å². The zero-order chi connectivity index (χ0) is 12.5. The van der Waals surface area contributed by atoms with Crippen LogP contribution in [-0.2, 0) is 11.8 Å². The van der Waals surface area contributed by atoms with Crippen LogP contribution in [-0.4, -0.2) is 0 Å². The van der Waals surface area contributed by atoms with Gasteiger partial charge in [-0.2, -0.15) is 0 Å². The molecule has 1 heterocycles. The van der Waals surface area contributed by atoms with Gasteiger partial charge in [0.15, 0.2) is 0 Å². The fourth-order valence-electron chi connectivity index (χ4n) is 1.99. The first-order chi connectivity index (χ1) is 8.02. The number of aryl methyl sites for hydroxylation is 1. The van der Waals surface area contributed by atoms with Gasteiger partial charge in [0.2, 0.25) is 0 Å². The molecule has 1 heteroatoms. The number of benzene rings is 1. The highest BCUT2D eigenvalue weighted by Gasteiger charge is 2.20. The topological polar surface area (TPSA) is 13.1 Å². The number of hydrogen-bond acceptors (Lipinski definition) is 1. The van der Waals surface area contributed by atoms with Crippen LogP contribution < -0.4 is 0 Å². The van der Waals surface area contributed by atoms with Gasteiger partial charge in [0, 0.05) is 5.56 Å². The summed E-state index contributed by atoms with van der Waals surface area (Å²) in [7, 11) is 0. The molecule has 0 aliphatic heterocycles. The Labute approximate surface area is 103 Å².